The van der Waals surface area contributed by atoms with Crippen LogP contribution in [-0.4, -0.2) is 16.0 Å². The number of Topliss-reactive ketones (excluding diaryl/α,β-unsaturated/α-hetero) is 1. The van der Waals surface area contributed by atoms with Gasteiger partial charge in [-0.1, -0.05) is 0 Å². The molecule has 0 radical (unpaired) electrons. The molecule has 0 amide bonds. The van der Waals surface area contributed by atoms with E-state index >= 15 is 0 Å². The van der Waals surface area contributed by atoms with Gasteiger partial charge in [0.05, 0.1) is 17.0 Å². The molecule has 2 aromatic heterocycles. The molecule has 0 unspecified atom stereocenters. The second-order valence-corrected chi connectivity index (χ2v) is 4.16. The maximum Gasteiger partial charge on any atom is 0.179 e. The van der Waals surface area contributed by atoms with Gasteiger partial charge in [-0.15, -0.1) is 11.3 Å². The van der Waals surface area contributed by atoms with Crippen molar-refractivity contribution in [2.24, 2.45) is 0 Å². The summed E-state index contributed by atoms with van der Waals surface area (Å²) in [5, 5.41) is 9.56. The smallest absolute Gasteiger partial charge is 0.179 e. The number of hydrogen-bond acceptors (Lipinski definition) is 4. The quantitative estimate of drug-likeness (QED) is 0.742. The molecule has 4 heteroatoms. The Bertz CT molecular complexity index is 464. The number of carbonyl (C=O) groups is 1. The van der Waals surface area contributed by atoms with E-state index in [0.29, 0.717) is 6.42 Å². The van der Waals surface area contributed by atoms with Crippen LogP contribution in [0.5, 0.6) is 0 Å². The number of hydrogen-bond donors (Lipinski definition) is 0. The Hall–Kier alpha value is -1.55. The van der Waals surface area contributed by atoms with Gasteiger partial charge in [0.2, 0.25) is 0 Å². The van der Waals surface area contributed by atoms with Crippen LogP contribution in [0.25, 0.3) is 0 Å². The Kier molecular flexibility index (Phi) is 2.87. The molecule has 2 heterocycles. The molecule has 0 saturated carbocycles. The summed E-state index contributed by atoms with van der Waals surface area (Å²) in [5.41, 5.74) is 1.75. The van der Waals surface area contributed by atoms with E-state index in [1.165, 1.54) is 11.3 Å². The summed E-state index contributed by atoms with van der Waals surface area (Å²) in [7, 11) is 0. The molecule has 0 atom stereocenters. The number of nitrogens with zero attached hydrogens (tertiary/aromatic N) is 2. The summed E-state index contributed by atoms with van der Waals surface area (Å²) >= 11 is 1.48. The van der Waals surface area contributed by atoms with Crippen molar-refractivity contribution in [3.8, 4) is 0 Å². The maximum atomic E-state index is 11.8. The van der Waals surface area contributed by atoms with Crippen LogP contribution in [-0.2, 0) is 6.42 Å². The van der Waals surface area contributed by atoms with E-state index in [9.17, 15) is 4.79 Å². The summed E-state index contributed by atoms with van der Waals surface area (Å²) < 4.78 is 0. The van der Waals surface area contributed by atoms with E-state index in [1.54, 1.807) is 12.3 Å². The zero-order chi connectivity index (χ0) is 10.7. The molecule has 0 aliphatic heterocycles. The standard InChI is InChI=1S/C11H10N2OS/c1-8-4-6-15-11(8)10(14)7-9-3-2-5-12-13-9/h2-6H,7H2,1H3. The molecular formula is C11H10N2OS. The first-order chi connectivity index (χ1) is 7.27. The van der Waals surface area contributed by atoms with Crippen LogP contribution in [0.1, 0.15) is 20.9 Å². The lowest BCUT2D eigenvalue weighted by Gasteiger charge is -1.98. The molecule has 15 heavy (non-hydrogen) atoms. The number of aromatic nitrogens is 2. The minimum Gasteiger partial charge on any atom is -0.293 e. The number of rotatable bonds is 3. The lowest BCUT2D eigenvalue weighted by atomic mass is 10.1. The molecule has 0 N–H and O–H groups in total. The lowest BCUT2D eigenvalue weighted by molar-refractivity contribution is 0.0995. The highest BCUT2D eigenvalue weighted by atomic mass is 32.1. The summed E-state index contributed by atoms with van der Waals surface area (Å²) in [5.74, 6) is 0.114. The second kappa shape index (κ2) is 4.31. The predicted octanol–water partition coefficient (Wildman–Crippen LogP) is 2.27. The maximum absolute atomic E-state index is 11.8. The zero-order valence-electron chi connectivity index (χ0n) is 8.30. The largest absolute Gasteiger partial charge is 0.293 e. The fraction of sp³-hybridized carbons (Fsp3) is 0.182. The van der Waals surface area contributed by atoms with E-state index in [2.05, 4.69) is 10.2 Å². The van der Waals surface area contributed by atoms with Gasteiger partial charge >= 0.3 is 0 Å². The Morgan fingerprint density at radius 3 is 2.93 bits per heavy atom. The molecule has 0 spiro atoms. The summed E-state index contributed by atoms with van der Waals surface area (Å²) in [6.07, 6.45) is 1.93. The Labute approximate surface area is 91.8 Å². The van der Waals surface area contributed by atoms with E-state index in [0.717, 1.165) is 16.1 Å². The van der Waals surface area contributed by atoms with Crippen LogP contribution in [0.15, 0.2) is 29.8 Å². The van der Waals surface area contributed by atoms with Crippen LogP contribution in [0.3, 0.4) is 0 Å². The van der Waals surface area contributed by atoms with Crippen LogP contribution in [0.2, 0.25) is 0 Å². The number of aryl methyl sites for hydroxylation is 1. The molecule has 0 aliphatic carbocycles. The van der Waals surface area contributed by atoms with Crippen molar-refractivity contribution in [1.29, 1.82) is 0 Å². The van der Waals surface area contributed by atoms with Gasteiger partial charge in [0.15, 0.2) is 5.78 Å². The van der Waals surface area contributed by atoms with E-state index in [1.807, 2.05) is 24.4 Å². The monoisotopic (exact) mass is 218 g/mol. The average Bonchev–Trinajstić information content (AvgIpc) is 2.66. The van der Waals surface area contributed by atoms with Gasteiger partial charge in [-0.25, -0.2) is 0 Å². The average molecular weight is 218 g/mol. The fourth-order valence-electron chi connectivity index (χ4n) is 1.33. The normalized spacial score (nSPS) is 10.2. The molecule has 0 bridgehead atoms. The number of carbonyl (C=O) groups excluding carboxylic acids is 1. The summed E-state index contributed by atoms with van der Waals surface area (Å²) in [6.45, 7) is 1.94. The van der Waals surface area contributed by atoms with E-state index in [4.69, 9.17) is 0 Å². The molecule has 0 aromatic carbocycles. The third-order valence-corrected chi connectivity index (χ3v) is 3.14. The Morgan fingerprint density at radius 2 is 2.33 bits per heavy atom. The first-order valence-corrected chi connectivity index (χ1v) is 5.49. The molecule has 2 aromatic rings. The number of ketones is 1. The zero-order valence-corrected chi connectivity index (χ0v) is 9.12. The van der Waals surface area contributed by atoms with E-state index in [-0.39, 0.29) is 5.78 Å². The minimum absolute atomic E-state index is 0.114. The molecule has 0 fully saturated rings. The fourth-order valence-corrected chi connectivity index (χ4v) is 2.20. The molecule has 3 nitrogen and oxygen atoms in total. The molecule has 76 valence electrons. The highest BCUT2D eigenvalue weighted by Gasteiger charge is 2.11. The Balaban J connectivity index is 2.15. The van der Waals surface area contributed by atoms with Crippen molar-refractivity contribution >= 4 is 17.1 Å². The second-order valence-electron chi connectivity index (χ2n) is 3.25. The SMILES string of the molecule is Cc1ccsc1C(=O)Cc1cccnn1. The van der Waals surface area contributed by atoms with E-state index < -0.39 is 0 Å². The summed E-state index contributed by atoms with van der Waals surface area (Å²) in [4.78, 5) is 12.7. The highest BCUT2D eigenvalue weighted by Crippen LogP contribution is 2.17. The topological polar surface area (TPSA) is 42.9 Å². The summed E-state index contributed by atoms with van der Waals surface area (Å²) in [6, 6.07) is 5.55. The van der Waals surface area contributed by atoms with Crippen molar-refractivity contribution in [3.05, 3.63) is 45.9 Å². The van der Waals surface area contributed by atoms with Crippen LogP contribution >= 0.6 is 11.3 Å². The van der Waals surface area contributed by atoms with Gasteiger partial charge in [0.1, 0.15) is 0 Å². The predicted molar refractivity (Wildman–Crippen MR) is 59.1 cm³/mol. The van der Waals surface area contributed by atoms with Crippen molar-refractivity contribution in [2.75, 3.05) is 0 Å². The molecule has 0 saturated heterocycles. The Morgan fingerprint density at radius 1 is 1.47 bits per heavy atom. The van der Waals surface area contributed by atoms with Gasteiger partial charge < -0.3 is 0 Å². The van der Waals surface area contributed by atoms with Crippen molar-refractivity contribution < 1.29 is 4.79 Å². The van der Waals surface area contributed by atoms with Gasteiger partial charge in [0, 0.05) is 6.20 Å². The van der Waals surface area contributed by atoms with Crippen LogP contribution in [0, 0.1) is 6.92 Å². The molecule has 0 aliphatic rings. The van der Waals surface area contributed by atoms with Gasteiger partial charge in [-0.05, 0) is 36.1 Å². The lowest BCUT2D eigenvalue weighted by Crippen LogP contribution is -2.04. The minimum atomic E-state index is 0.114. The van der Waals surface area contributed by atoms with Crippen molar-refractivity contribution in [1.82, 2.24) is 10.2 Å². The van der Waals surface area contributed by atoms with Gasteiger partial charge in [-0.2, -0.15) is 10.2 Å². The van der Waals surface area contributed by atoms with Crippen LogP contribution in [0.4, 0.5) is 0 Å². The highest BCUT2D eigenvalue weighted by molar-refractivity contribution is 7.12. The number of thiophene rings is 1. The van der Waals surface area contributed by atoms with Crippen molar-refractivity contribution in [2.45, 2.75) is 13.3 Å². The third-order valence-electron chi connectivity index (χ3n) is 2.08. The first kappa shape index (κ1) is 9.98. The molecule has 2 rings (SSSR count). The van der Waals surface area contributed by atoms with Gasteiger partial charge in [0.25, 0.3) is 0 Å². The van der Waals surface area contributed by atoms with Crippen molar-refractivity contribution in [3.63, 3.8) is 0 Å². The van der Waals surface area contributed by atoms with Crippen LogP contribution < -0.4 is 0 Å². The first-order valence-electron chi connectivity index (χ1n) is 4.61. The van der Waals surface area contributed by atoms with Gasteiger partial charge in [-0.3, -0.25) is 4.79 Å². The molecular weight excluding hydrogens is 208 g/mol. The third kappa shape index (κ3) is 2.27.